The second-order valence-electron chi connectivity index (χ2n) is 5.18. The minimum Gasteiger partial charge on any atom is -0.508 e. The smallest absolute Gasteiger partial charge is 0.257 e. The molecule has 3 aromatic rings. The number of phenols is 1. The van der Waals surface area contributed by atoms with E-state index in [2.05, 4.69) is 10.3 Å². The fourth-order valence-corrected chi connectivity index (χ4v) is 2.96. The molecule has 2 N–H and O–H groups in total. The molecule has 24 heavy (non-hydrogen) atoms. The van der Waals surface area contributed by atoms with Crippen LogP contribution in [0, 0.1) is 18.3 Å². The number of hydrogen-bond donors (Lipinski definition) is 2. The summed E-state index contributed by atoms with van der Waals surface area (Å²) in [7, 11) is 0. The largest absolute Gasteiger partial charge is 0.508 e. The van der Waals surface area contributed by atoms with Gasteiger partial charge in [-0.15, -0.1) is 11.3 Å². The van der Waals surface area contributed by atoms with Crippen LogP contribution in [-0.2, 0) is 0 Å². The molecular weight excluding hydrogens is 322 g/mol. The van der Waals surface area contributed by atoms with Crippen LogP contribution in [0.1, 0.15) is 21.5 Å². The zero-order valence-corrected chi connectivity index (χ0v) is 13.6. The summed E-state index contributed by atoms with van der Waals surface area (Å²) >= 11 is 1.33. The first-order valence-electron chi connectivity index (χ1n) is 7.14. The maximum Gasteiger partial charge on any atom is 0.257 e. The lowest BCUT2D eigenvalue weighted by Crippen LogP contribution is -2.11. The van der Waals surface area contributed by atoms with Crippen molar-refractivity contribution in [2.24, 2.45) is 0 Å². The topological polar surface area (TPSA) is 86.0 Å². The number of nitrogens with zero attached hydrogens (tertiary/aromatic N) is 2. The molecule has 0 bridgehead atoms. The van der Waals surface area contributed by atoms with Gasteiger partial charge in [-0.2, -0.15) is 5.26 Å². The number of nitriles is 1. The maximum absolute atomic E-state index is 12.2. The summed E-state index contributed by atoms with van der Waals surface area (Å²) < 4.78 is 0. The Hall–Kier alpha value is -3.17. The number of thiazole rings is 1. The quantitative estimate of drug-likeness (QED) is 0.759. The molecule has 0 aliphatic carbocycles. The monoisotopic (exact) mass is 335 g/mol. The molecule has 0 aliphatic heterocycles. The number of hydrogen-bond acceptors (Lipinski definition) is 5. The summed E-state index contributed by atoms with van der Waals surface area (Å²) in [6.07, 6.45) is 0. The van der Waals surface area contributed by atoms with Crippen LogP contribution >= 0.6 is 11.3 Å². The number of aromatic hydroxyl groups is 1. The van der Waals surface area contributed by atoms with Gasteiger partial charge in [-0.1, -0.05) is 0 Å². The standard InChI is InChI=1S/C18H13N3O2S/c1-11-8-14(22)6-7-15(11)16-10-24-18(20-16)21-17(23)13-4-2-12(9-19)3-5-13/h2-8,10,22H,1H3,(H,20,21,23). The normalized spacial score (nSPS) is 10.2. The van der Waals surface area contributed by atoms with Crippen LogP contribution in [-0.4, -0.2) is 16.0 Å². The summed E-state index contributed by atoms with van der Waals surface area (Å²) in [6, 6.07) is 13.5. The van der Waals surface area contributed by atoms with E-state index in [9.17, 15) is 9.90 Å². The summed E-state index contributed by atoms with van der Waals surface area (Å²) in [5.74, 6) is -0.0661. The van der Waals surface area contributed by atoms with Gasteiger partial charge in [0.15, 0.2) is 5.13 Å². The number of nitrogens with one attached hydrogen (secondary N) is 1. The molecule has 5 nitrogen and oxygen atoms in total. The van der Waals surface area contributed by atoms with Gasteiger partial charge in [-0.25, -0.2) is 4.98 Å². The zero-order chi connectivity index (χ0) is 17.1. The predicted molar refractivity (Wildman–Crippen MR) is 93.1 cm³/mol. The minimum atomic E-state index is -0.275. The second-order valence-corrected chi connectivity index (χ2v) is 6.04. The number of carbonyl (C=O) groups excluding carboxylic acids is 1. The van der Waals surface area contributed by atoms with Gasteiger partial charge in [0, 0.05) is 16.5 Å². The summed E-state index contributed by atoms with van der Waals surface area (Å²) in [5.41, 5.74) is 3.53. The number of aryl methyl sites for hydroxylation is 1. The van der Waals surface area contributed by atoms with Crippen molar-refractivity contribution in [1.29, 1.82) is 5.26 Å². The molecule has 1 aromatic heterocycles. The molecule has 0 saturated carbocycles. The number of carbonyl (C=O) groups is 1. The molecule has 0 unspecified atom stereocenters. The van der Waals surface area contributed by atoms with Gasteiger partial charge >= 0.3 is 0 Å². The Morgan fingerprint density at radius 3 is 2.67 bits per heavy atom. The first kappa shape index (κ1) is 15.7. The molecule has 2 aromatic carbocycles. The van der Waals surface area contributed by atoms with Crippen LogP contribution in [0.2, 0.25) is 0 Å². The van der Waals surface area contributed by atoms with E-state index in [-0.39, 0.29) is 11.7 Å². The molecule has 1 heterocycles. The first-order valence-corrected chi connectivity index (χ1v) is 8.02. The molecule has 0 radical (unpaired) electrons. The van der Waals surface area contributed by atoms with E-state index in [0.717, 1.165) is 16.8 Å². The summed E-state index contributed by atoms with van der Waals surface area (Å²) in [4.78, 5) is 16.6. The number of amides is 1. The average Bonchev–Trinajstić information content (AvgIpc) is 3.03. The van der Waals surface area contributed by atoms with E-state index in [1.54, 1.807) is 42.5 Å². The SMILES string of the molecule is Cc1cc(O)ccc1-c1csc(NC(=O)c2ccc(C#N)cc2)n1. The molecule has 118 valence electrons. The highest BCUT2D eigenvalue weighted by Gasteiger charge is 2.11. The Kier molecular flexibility index (Phi) is 4.27. The Labute approximate surface area is 142 Å². The number of phenolic OH excluding ortho intramolecular Hbond substituents is 1. The van der Waals surface area contributed by atoms with E-state index in [1.165, 1.54) is 11.3 Å². The maximum atomic E-state index is 12.2. The lowest BCUT2D eigenvalue weighted by atomic mass is 10.1. The van der Waals surface area contributed by atoms with Crippen molar-refractivity contribution in [2.75, 3.05) is 5.32 Å². The zero-order valence-electron chi connectivity index (χ0n) is 12.8. The van der Waals surface area contributed by atoms with Crippen molar-refractivity contribution in [3.8, 4) is 23.1 Å². The fraction of sp³-hybridized carbons (Fsp3) is 0.0556. The van der Waals surface area contributed by atoms with Gasteiger partial charge in [-0.05, 0) is 55.0 Å². The Morgan fingerprint density at radius 2 is 2.00 bits per heavy atom. The van der Waals surface area contributed by atoms with Crippen molar-refractivity contribution in [2.45, 2.75) is 6.92 Å². The lowest BCUT2D eigenvalue weighted by Gasteiger charge is -2.03. The average molecular weight is 335 g/mol. The molecule has 0 atom stereocenters. The van der Waals surface area contributed by atoms with Gasteiger partial charge in [0.05, 0.1) is 17.3 Å². The third-order valence-electron chi connectivity index (χ3n) is 3.49. The van der Waals surface area contributed by atoms with Crippen molar-refractivity contribution in [3.05, 3.63) is 64.5 Å². The highest BCUT2D eigenvalue weighted by Crippen LogP contribution is 2.29. The molecule has 0 aliphatic rings. The molecule has 0 spiro atoms. The minimum absolute atomic E-state index is 0.209. The van der Waals surface area contributed by atoms with Crippen LogP contribution in [0.15, 0.2) is 47.8 Å². The molecule has 0 saturated heterocycles. The highest BCUT2D eigenvalue weighted by atomic mass is 32.1. The Morgan fingerprint density at radius 1 is 1.25 bits per heavy atom. The fourth-order valence-electron chi connectivity index (χ4n) is 2.26. The number of benzene rings is 2. The van der Waals surface area contributed by atoms with E-state index >= 15 is 0 Å². The highest BCUT2D eigenvalue weighted by molar-refractivity contribution is 7.14. The Bertz CT molecular complexity index is 940. The number of anilines is 1. The number of rotatable bonds is 3. The molecule has 3 rings (SSSR count). The van der Waals surface area contributed by atoms with Crippen molar-refractivity contribution < 1.29 is 9.90 Å². The van der Waals surface area contributed by atoms with Crippen molar-refractivity contribution >= 4 is 22.4 Å². The van der Waals surface area contributed by atoms with Crippen LogP contribution in [0.25, 0.3) is 11.3 Å². The van der Waals surface area contributed by atoms with Crippen molar-refractivity contribution in [1.82, 2.24) is 4.98 Å². The van der Waals surface area contributed by atoms with Gasteiger partial charge in [0.25, 0.3) is 5.91 Å². The predicted octanol–water partition coefficient (Wildman–Crippen LogP) is 3.95. The van der Waals surface area contributed by atoms with E-state index in [1.807, 2.05) is 18.4 Å². The molecule has 0 fully saturated rings. The van der Waals surface area contributed by atoms with Crippen LogP contribution < -0.4 is 5.32 Å². The van der Waals surface area contributed by atoms with E-state index < -0.39 is 0 Å². The van der Waals surface area contributed by atoms with Gasteiger partial charge in [-0.3, -0.25) is 10.1 Å². The Balaban J connectivity index is 1.78. The van der Waals surface area contributed by atoms with Crippen LogP contribution in [0.4, 0.5) is 5.13 Å². The third kappa shape index (κ3) is 3.26. The van der Waals surface area contributed by atoms with Crippen LogP contribution in [0.5, 0.6) is 5.75 Å². The van der Waals surface area contributed by atoms with E-state index in [0.29, 0.717) is 16.3 Å². The molecule has 6 heteroatoms. The van der Waals surface area contributed by atoms with Gasteiger partial charge in [0.1, 0.15) is 5.75 Å². The molecule has 1 amide bonds. The van der Waals surface area contributed by atoms with Gasteiger partial charge in [0.2, 0.25) is 0 Å². The van der Waals surface area contributed by atoms with Gasteiger partial charge < -0.3 is 5.11 Å². The second kappa shape index (κ2) is 6.52. The first-order chi connectivity index (χ1) is 11.6. The third-order valence-corrected chi connectivity index (χ3v) is 4.24. The summed E-state index contributed by atoms with van der Waals surface area (Å²) in [6.45, 7) is 1.89. The lowest BCUT2D eigenvalue weighted by molar-refractivity contribution is 0.102. The van der Waals surface area contributed by atoms with Crippen LogP contribution in [0.3, 0.4) is 0 Å². The molecular formula is C18H13N3O2S. The number of aromatic nitrogens is 1. The van der Waals surface area contributed by atoms with E-state index in [4.69, 9.17) is 5.26 Å². The van der Waals surface area contributed by atoms with Crippen molar-refractivity contribution in [3.63, 3.8) is 0 Å². The summed E-state index contributed by atoms with van der Waals surface area (Å²) in [5, 5.41) is 23.4.